The summed E-state index contributed by atoms with van der Waals surface area (Å²) in [5, 5.41) is 2.69. The van der Waals surface area contributed by atoms with Crippen LogP contribution in [-0.4, -0.2) is 24.3 Å². The van der Waals surface area contributed by atoms with Crippen LogP contribution in [0.2, 0.25) is 0 Å². The molecule has 0 bridgehead atoms. The summed E-state index contributed by atoms with van der Waals surface area (Å²) in [4.78, 5) is 11.4. The molecule has 2 unspecified atom stereocenters. The predicted octanol–water partition coefficient (Wildman–Crippen LogP) is 2.27. The molecule has 4 heteroatoms. The molecule has 0 spiro atoms. The highest BCUT2D eigenvalue weighted by Crippen LogP contribution is 2.09. The Kier molecular flexibility index (Phi) is 6.41. The van der Waals surface area contributed by atoms with Crippen molar-refractivity contribution in [2.75, 3.05) is 6.54 Å². The van der Waals surface area contributed by atoms with Crippen molar-refractivity contribution in [3.8, 4) is 0 Å². The average Bonchev–Trinajstić information content (AvgIpc) is 2.11. The molecular formula is C12H26N2O2. The van der Waals surface area contributed by atoms with Crippen molar-refractivity contribution in [3.05, 3.63) is 0 Å². The van der Waals surface area contributed by atoms with Crippen molar-refractivity contribution < 1.29 is 9.53 Å². The molecule has 0 aliphatic heterocycles. The lowest BCUT2D eigenvalue weighted by Crippen LogP contribution is -2.43. The molecule has 3 N–H and O–H groups in total. The quantitative estimate of drug-likeness (QED) is 0.761. The fourth-order valence-corrected chi connectivity index (χ4v) is 1.39. The van der Waals surface area contributed by atoms with Gasteiger partial charge in [0.2, 0.25) is 0 Å². The molecule has 2 atom stereocenters. The van der Waals surface area contributed by atoms with Crippen molar-refractivity contribution in [2.24, 2.45) is 11.7 Å². The molecule has 96 valence electrons. The first-order valence-corrected chi connectivity index (χ1v) is 5.98. The zero-order chi connectivity index (χ0) is 12.8. The first-order chi connectivity index (χ1) is 7.26. The molecule has 0 aromatic carbocycles. The lowest BCUT2D eigenvalue weighted by molar-refractivity contribution is 0.0521. The minimum Gasteiger partial charge on any atom is -0.444 e. The van der Waals surface area contributed by atoms with Gasteiger partial charge in [-0.1, -0.05) is 20.3 Å². The zero-order valence-corrected chi connectivity index (χ0v) is 11.2. The van der Waals surface area contributed by atoms with E-state index in [4.69, 9.17) is 10.5 Å². The van der Waals surface area contributed by atoms with Crippen LogP contribution < -0.4 is 11.1 Å². The highest BCUT2D eigenvalue weighted by atomic mass is 16.6. The van der Waals surface area contributed by atoms with E-state index in [1.54, 1.807) is 0 Å². The predicted molar refractivity (Wildman–Crippen MR) is 66.3 cm³/mol. The molecule has 0 fully saturated rings. The number of amides is 1. The van der Waals surface area contributed by atoms with E-state index in [9.17, 15) is 4.79 Å². The highest BCUT2D eigenvalue weighted by molar-refractivity contribution is 5.67. The van der Waals surface area contributed by atoms with Gasteiger partial charge in [0.25, 0.3) is 0 Å². The Morgan fingerprint density at radius 3 is 2.44 bits per heavy atom. The second-order valence-electron chi connectivity index (χ2n) is 5.31. The minimum absolute atomic E-state index is 0.00697. The molecule has 0 aliphatic rings. The van der Waals surface area contributed by atoms with E-state index in [1.165, 1.54) is 0 Å². The van der Waals surface area contributed by atoms with Gasteiger partial charge >= 0.3 is 6.09 Å². The number of hydrogen-bond acceptors (Lipinski definition) is 3. The molecule has 0 aliphatic carbocycles. The summed E-state index contributed by atoms with van der Waals surface area (Å²) < 4.78 is 5.12. The van der Waals surface area contributed by atoms with Crippen molar-refractivity contribution in [2.45, 2.75) is 59.1 Å². The van der Waals surface area contributed by atoms with Gasteiger partial charge in [-0.25, -0.2) is 4.79 Å². The highest BCUT2D eigenvalue weighted by Gasteiger charge is 2.18. The van der Waals surface area contributed by atoms with Crippen molar-refractivity contribution in [3.63, 3.8) is 0 Å². The molecular weight excluding hydrogens is 204 g/mol. The fraction of sp³-hybridized carbons (Fsp3) is 0.917. The smallest absolute Gasteiger partial charge is 0.407 e. The van der Waals surface area contributed by atoms with Crippen molar-refractivity contribution in [1.29, 1.82) is 0 Å². The largest absolute Gasteiger partial charge is 0.444 e. The molecule has 0 saturated heterocycles. The van der Waals surface area contributed by atoms with Crippen LogP contribution in [0.25, 0.3) is 0 Å². The first kappa shape index (κ1) is 15.2. The summed E-state index contributed by atoms with van der Waals surface area (Å²) in [6, 6.07) is -0.00697. The van der Waals surface area contributed by atoms with E-state index in [2.05, 4.69) is 19.2 Å². The van der Waals surface area contributed by atoms with Crippen LogP contribution in [0.4, 0.5) is 4.79 Å². The van der Waals surface area contributed by atoms with Gasteiger partial charge in [0.15, 0.2) is 0 Å². The number of carbonyl (C=O) groups is 1. The summed E-state index contributed by atoms with van der Waals surface area (Å²) in [7, 11) is 0. The maximum atomic E-state index is 11.4. The SMILES string of the molecule is CCCC(C)C(N)CNC(=O)OC(C)(C)C. The summed E-state index contributed by atoms with van der Waals surface area (Å²) in [5.74, 6) is 0.417. The van der Waals surface area contributed by atoms with E-state index in [-0.39, 0.29) is 6.04 Å². The first-order valence-electron chi connectivity index (χ1n) is 5.98. The Hall–Kier alpha value is -0.770. The van der Waals surface area contributed by atoms with Gasteiger partial charge in [-0.3, -0.25) is 0 Å². The van der Waals surface area contributed by atoms with Gasteiger partial charge in [-0.05, 0) is 33.1 Å². The number of rotatable bonds is 5. The molecule has 16 heavy (non-hydrogen) atoms. The molecule has 0 rings (SSSR count). The van der Waals surface area contributed by atoms with Gasteiger partial charge < -0.3 is 15.8 Å². The van der Waals surface area contributed by atoms with Gasteiger partial charge in [0, 0.05) is 12.6 Å². The third-order valence-corrected chi connectivity index (χ3v) is 2.36. The topological polar surface area (TPSA) is 64.3 Å². The maximum absolute atomic E-state index is 11.4. The summed E-state index contributed by atoms with van der Waals surface area (Å²) in [5.41, 5.74) is 5.49. The fourth-order valence-electron chi connectivity index (χ4n) is 1.39. The number of hydrogen-bond donors (Lipinski definition) is 2. The Labute approximate surface area is 98.9 Å². The van der Waals surface area contributed by atoms with Gasteiger partial charge in [-0.15, -0.1) is 0 Å². The lowest BCUT2D eigenvalue weighted by Gasteiger charge is -2.22. The van der Waals surface area contributed by atoms with Crippen LogP contribution in [0.1, 0.15) is 47.5 Å². The van der Waals surface area contributed by atoms with Crippen molar-refractivity contribution in [1.82, 2.24) is 5.32 Å². The van der Waals surface area contributed by atoms with Crippen LogP contribution in [-0.2, 0) is 4.74 Å². The number of alkyl carbamates (subject to hydrolysis) is 1. The second-order valence-corrected chi connectivity index (χ2v) is 5.31. The molecule has 0 saturated carbocycles. The molecule has 0 aromatic rings. The molecule has 0 heterocycles. The summed E-state index contributed by atoms with van der Waals surface area (Å²) in [6.45, 7) is 10.2. The van der Waals surface area contributed by atoms with Crippen LogP contribution in [0, 0.1) is 5.92 Å². The van der Waals surface area contributed by atoms with E-state index in [1.807, 2.05) is 20.8 Å². The summed E-state index contributed by atoms with van der Waals surface area (Å²) in [6.07, 6.45) is 1.80. The van der Waals surface area contributed by atoms with Crippen LogP contribution in [0.5, 0.6) is 0 Å². The van der Waals surface area contributed by atoms with Crippen LogP contribution in [0.15, 0.2) is 0 Å². The monoisotopic (exact) mass is 230 g/mol. The van der Waals surface area contributed by atoms with E-state index < -0.39 is 11.7 Å². The Morgan fingerprint density at radius 2 is 2.00 bits per heavy atom. The van der Waals surface area contributed by atoms with E-state index >= 15 is 0 Å². The Bertz CT molecular complexity index is 212. The second kappa shape index (κ2) is 6.74. The molecule has 1 amide bonds. The van der Waals surface area contributed by atoms with Crippen LogP contribution >= 0.6 is 0 Å². The Balaban J connectivity index is 3.83. The lowest BCUT2D eigenvalue weighted by atomic mass is 9.98. The van der Waals surface area contributed by atoms with E-state index in [0.717, 1.165) is 12.8 Å². The Morgan fingerprint density at radius 1 is 1.44 bits per heavy atom. The molecule has 4 nitrogen and oxygen atoms in total. The maximum Gasteiger partial charge on any atom is 0.407 e. The van der Waals surface area contributed by atoms with E-state index in [0.29, 0.717) is 12.5 Å². The van der Waals surface area contributed by atoms with Gasteiger partial charge in [-0.2, -0.15) is 0 Å². The van der Waals surface area contributed by atoms with Crippen LogP contribution in [0.3, 0.4) is 0 Å². The average molecular weight is 230 g/mol. The number of nitrogens with two attached hydrogens (primary N) is 1. The standard InChI is InChI=1S/C12H26N2O2/c1-6-7-9(2)10(13)8-14-11(15)16-12(3,4)5/h9-10H,6-8,13H2,1-5H3,(H,14,15). The third kappa shape index (κ3) is 7.51. The number of nitrogens with one attached hydrogen (secondary N) is 1. The van der Waals surface area contributed by atoms with Crippen molar-refractivity contribution >= 4 is 6.09 Å². The van der Waals surface area contributed by atoms with Gasteiger partial charge in [0.05, 0.1) is 0 Å². The number of carbonyl (C=O) groups excluding carboxylic acids is 1. The van der Waals surface area contributed by atoms with Gasteiger partial charge in [0.1, 0.15) is 5.60 Å². The number of ether oxygens (including phenoxy) is 1. The summed E-state index contributed by atoms with van der Waals surface area (Å²) >= 11 is 0. The third-order valence-electron chi connectivity index (χ3n) is 2.36. The molecule has 0 radical (unpaired) electrons. The molecule has 0 aromatic heterocycles. The zero-order valence-electron chi connectivity index (χ0n) is 11.2. The normalized spacial score (nSPS) is 15.4. The minimum atomic E-state index is -0.455.